The van der Waals surface area contributed by atoms with Crippen LogP contribution in [0.3, 0.4) is 0 Å². The van der Waals surface area contributed by atoms with Crippen molar-refractivity contribution in [2.75, 3.05) is 26.4 Å². The van der Waals surface area contributed by atoms with Gasteiger partial charge in [0, 0.05) is 67.1 Å². The second kappa shape index (κ2) is 25.2. The molecule has 15 atom stereocenters. The van der Waals surface area contributed by atoms with Crippen molar-refractivity contribution in [2.24, 2.45) is 69.0 Å². The smallest absolute Gasteiger partial charge is 0.168 e. The lowest BCUT2D eigenvalue weighted by molar-refractivity contribution is -0.229. The molecule has 0 amide bonds. The minimum atomic E-state index is -0.297. The number of Topliss-reactive ketones (excluding diaryl/α,β-unsaturated/α-hetero) is 2. The van der Waals surface area contributed by atoms with Gasteiger partial charge in [0.05, 0.1) is 32.5 Å². The Morgan fingerprint density at radius 1 is 0.582 bits per heavy atom. The molecule has 9 nitrogen and oxygen atoms in total. The normalized spacial score (nSPS) is 37.0. The topological polar surface area (TPSA) is 115 Å². The van der Waals surface area contributed by atoms with Gasteiger partial charge in [-0.3, -0.25) is 9.59 Å². The highest BCUT2D eigenvalue weighted by Gasteiger charge is 2.64. The van der Waals surface area contributed by atoms with Gasteiger partial charge in [0.15, 0.2) is 5.79 Å². The van der Waals surface area contributed by atoms with Crippen LogP contribution in [-0.2, 0) is 19.1 Å². The summed E-state index contributed by atoms with van der Waals surface area (Å²) in [5.74, 6) is 7.88. The highest BCUT2D eigenvalue weighted by atomic mass is 16.7. The second-order valence-electron chi connectivity index (χ2n) is 28.0. The highest BCUT2D eigenvalue weighted by Crippen LogP contribution is 2.69. The molecule has 3 N–H and O–H groups in total. The molecular formula is C70H108N2O7. The molecule has 1 aliphatic heterocycles. The van der Waals surface area contributed by atoms with Crippen LogP contribution in [0, 0.1) is 69.0 Å². The first-order valence-corrected chi connectivity index (χ1v) is 33.2. The van der Waals surface area contributed by atoms with Gasteiger partial charge in [-0.2, -0.15) is 0 Å². The molecule has 1 heterocycles. The summed E-state index contributed by atoms with van der Waals surface area (Å²) in [6.07, 6.45) is 27.9. The molecule has 8 aliphatic carbocycles. The summed E-state index contributed by atoms with van der Waals surface area (Å²) in [7, 11) is 0. The third kappa shape index (κ3) is 11.6. The van der Waals surface area contributed by atoms with E-state index in [-0.39, 0.29) is 22.7 Å². The molecule has 11 rings (SSSR count). The molecule has 10 unspecified atom stereocenters. The maximum Gasteiger partial charge on any atom is 0.168 e. The number of hydrogen-bond acceptors (Lipinski definition) is 9. The minimum Gasteiger partial charge on any atom is -0.494 e. The molecule has 9 fully saturated rings. The first-order valence-electron chi connectivity index (χ1n) is 33.2. The van der Waals surface area contributed by atoms with Crippen LogP contribution in [0.5, 0.6) is 11.5 Å². The van der Waals surface area contributed by atoms with Gasteiger partial charge >= 0.3 is 0 Å². The number of ketones is 2. The molecular weight excluding hydrogens is 981 g/mol. The molecule has 2 aromatic carbocycles. The van der Waals surface area contributed by atoms with E-state index in [9.17, 15) is 14.7 Å². The Morgan fingerprint density at radius 3 is 1.76 bits per heavy atom. The average Bonchev–Trinajstić information content (AvgIpc) is 4.33. The van der Waals surface area contributed by atoms with E-state index in [2.05, 4.69) is 115 Å². The van der Waals surface area contributed by atoms with Gasteiger partial charge in [-0.15, -0.1) is 0 Å². The van der Waals surface area contributed by atoms with Crippen LogP contribution in [0.1, 0.15) is 246 Å². The fraction of sp³-hybridized carbons (Fsp3) is 0.800. The van der Waals surface area contributed by atoms with Crippen LogP contribution in [0.15, 0.2) is 48.5 Å². The van der Waals surface area contributed by atoms with E-state index >= 15 is 0 Å². The molecule has 0 bridgehead atoms. The molecule has 9 heteroatoms. The maximum atomic E-state index is 13.6. The Kier molecular flexibility index (Phi) is 18.9. The fourth-order valence-electron chi connectivity index (χ4n) is 20.2. The Labute approximate surface area is 478 Å². The van der Waals surface area contributed by atoms with Crippen LogP contribution in [0.4, 0.5) is 0 Å². The number of nitrogens with one attached hydrogen (secondary N) is 2. The summed E-state index contributed by atoms with van der Waals surface area (Å²) >= 11 is 0. The van der Waals surface area contributed by atoms with E-state index in [1.54, 1.807) is 0 Å². The van der Waals surface area contributed by atoms with E-state index < -0.39 is 0 Å². The Hall–Kier alpha value is -2.82. The van der Waals surface area contributed by atoms with Crippen LogP contribution in [0.25, 0.3) is 0 Å². The van der Waals surface area contributed by atoms with Crippen molar-refractivity contribution in [3.63, 3.8) is 0 Å². The third-order valence-electron chi connectivity index (χ3n) is 24.9. The van der Waals surface area contributed by atoms with Crippen molar-refractivity contribution in [1.29, 1.82) is 0 Å². The summed E-state index contributed by atoms with van der Waals surface area (Å²) in [6.45, 7) is 21.5. The number of benzene rings is 2. The molecule has 2 aromatic rings. The summed E-state index contributed by atoms with van der Waals surface area (Å²) in [5, 5.41) is 19.0. The van der Waals surface area contributed by atoms with E-state index in [4.69, 9.17) is 18.9 Å². The Bertz CT molecular complexity index is 2340. The number of aliphatic hydroxyl groups is 1. The predicted molar refractivity (Wildman–Crippen MR) is 317 cm³/mol. The number of aliphatic hydroxyl groups excluding tert-OH is 1. The average molecular weight is 1090 g/mol. The number of ether oxygens (including phenoxy) is 4. The van der Waals surface area contributed by atoms with E-state index in [1.807, 2.05) is 0 Å². The van der Waals surface area contributed by atoms with Gasteiger partial charge in [0.2, 0.25) is 0 Å². The maximum absolute atomic E-state index is 13.6. The lowest BCUT2D eigenvalue weighted by Crippen LogP contribution is -2.56. The quantitative estimate of drug-likeness (QED) is 0.119. The molecule has 1 spiro atoms. The monoisotopic (exact) mass is 1090 g/mol. The van der Waals surface area contributed by atoms with Crippen molar-refractivity contribution < 1.29 is 33.6 Å². The largest absolute Gasteiger partial charge is 0.494 e. The van der Waals surface area contributed by atoms with E-state index in [0.717, 1.165) is 159 Å². The molecule has 8 saturated carbocycles. The van der Waals surface area contributed by atoms with Crippen LogP contribution >= 0.6 is 0 Å². The predicted octanol–water partition coefficient (Wildman–Crippen LogP) is 15.7. The summed E-state index contributed by atoms with van der Waals surface area (Å²) in [4.78, 5) is 25.9. The summed E-state index contributed by atoms with van der Waals surface area (Å²) < 4.78 is 25.2. The van der Waals surface area contributed by atoms with Gasteiger partial charge in [-0.1, -0.05) is 79.7 Å². The van der Waals surface area contributed by atoms with Gasteiger partial charge in [0.1, 0.15) is 23.1 Å². The second-order valence-corrected chi connectivity index (χ2v) is 28.0. The van der Waals surface area contributed by atoms with Gasteiger partial charge in [0.25, 0.3) is 0 Å². The molecule has 1 saturated heterocycles. The number of hydrogen-bond donors (Lipinski definition) is 3. The molecule has 440 valence electrons. The number of carbonyl (C=O) groups is 2. The lowest BCUT2D eigenvalue weighted by Gasteiger charge is -2.61. The number of carbonyl (C=O) groups excluding carboxylic acids is 2. The van der Waals surface area contributed by atoms with Crippen molar-refractivity contribution in [2.45, 2.75) is 258 Å². The van der Waals surface area contributed by atoms with Gasteiger partial charge < -0.3 is 34.7 Å². The zero-order valence-corrected chi connectivity index (χ0v) is 50.7. The van der Waals surface area contributed by atoms with Gasteiger partial charge in [-0.05, 0) is 228 Å². The SMILES string of the molecule is CCC(CC)NC(CC)c1cccc(OCC[C@]23CCC4C(CCC5CC(=O)CC[C@@]54C)C2CC[C@@H]3O)c1.CCC(CC)NC(CC)c1cccc(OCC[C@]23CCC4C(CCC5CC6(CC[C@@]54C)OCCO6)C2CCC3=O)c1. The van der Waals surface area contributed by atoms with E-state index in [1.165, 1.54) is 56.1 Å². The van der Waals surface area contributed by atoms with Crippen LogP contribution in [0.2, 0.25) is 0 Å². The molecule has 0 aromatic heterocycles. The number of fused-ring (bicyclic) bond motifs is 10. The van der Waals surface area contributed by atoms with Crippen molar-refractivity contribution in [3.8, 4) is 11.5 Å². The molecule has 0 radical (unpaired) electrons. The zero-order chi connectivity index (χ0) is 55.6. The zero-order valence-electron chi connectivity index (χ0n) is 50.7. The minimum absolute atomic E-state index is 0.00937. The number of rotatable bonds is 20. The van der Waals surface area contributed by atoms with Crippen LogP contribution in [-0.4, -0.2) is 67.1 Å². The van der Waals surface area contributed by atoms with Gasteiger partial charge in [-0.25, -0.2) is 0 Å². The molecule has 79 heavy (non-hydrogen) atoms. The summed E-state index contributed by atoms with van der Waals surface area (Å²) in [5.41, 5.74) is 3.14. The first kappa shape index (κ1) is 59.3. The molecule has 9 aliphatic rings. The Morgan fingerprint density at radius 2 is 1.15 bits per heavy atom. The fourth-order valence-corrected chi connectivity index (χ4v) is 20.2. The Balaban J connectivity index is 0.000000179. The standard InChI is InChI=1S/C36H55NO4.C34H53NO3/c1-5-27(6-2)37-32(7-3)25-9-8-10-28(23-25)39-20-19-35-16-15-30-29(31(35)13-14-33(35)38)12-11-26-24-36(40-21-22-41-36)18-17-34(26,30)4;1-5-25(6-2)35-31(7-3)23-9-8-10-27(21-23)38-20-19-34-18-16-29-28(30(34)13-14-32(34)37)12-11-24-22-26(36)15-17-33(24,29)4/h8-10,23,26-27,29-32,37H,5-7,11-22,24H2,1-4H3;8-10,21,24-25,28-32,35,37H,5-7,11-20,22H2,1-4H3/t26?,29?,30?,31?,32?,34-,35+;24?,28?,29?,30?,31?,32-,33-,34+/m00/s1. The summed E-state index contributed by atoms with van der Waals surface area (Å²) in [6, 6.07) is 19.1. The van der Waals surface area contributed by atoms with Crippen molar-refractivity contribution in [1.82, 2.24) is 10.6 Å². The highest BCUT2D eigenvalue weighted by molar-refractivity contribution is 5.87. The van der Waals surface area contributed by atoms with E-state index in [0.29, 0.717) is 95.3 Å². The van der Waals surface area contributed by atoms with Crippen LogP contribution < -0.4 is 20.1 Å². The first-order chi connectivity index (χ1) is 38.2. The van der Waals surface area contributed by atoms with Crippen molar-refractivity contribution in [3.05, 3.63) is 59.7 Å². The lowest BCUT2D eigenvalue weighted by atomic mass is 9.44. The van der Waals surface area contributed by atoms with Crippen molar-refractivity contribution >= 4 is 11.6 Å². The third-order valence-corrected chi connectivity index (χ3v) is 24.9.